The highest BCUT2D eigenvalue weighted by Gasteiger charge is 2.29. The van der Waals surface area contributed by atoms with Gasteiger partial charge in [-0.1, -0.05) is 19.3 Å². The molecule has 0 aromatic heterocycles. The van der Waals surface area contributed by atoms with Gasteiger partial charge < -0.3 is 19.9 Å². The zero-order valence-corrected chi connectivity index (χ0v) is 16.2. The SMILES string of the molecule is CCOC(=O)N1CCC(N(CCNC(=O)C2CCCCC2)C(C)=O)CC1. The van der Waals surface area contributed by atoms with Crippen molar-refractivity contribution in [2.75, 3.05) is 32.8 Å². The van der Waals surface area contributed by atoms with Gasteiger partial charge in [0.2, 0.25) is 11.8 Å². The molecule has 0 bridgehead atoms. The third-order valence-electron chi connectivity index (χ3n) is 5.46. The van der Waals surface area contributed by atoms with Crippen molar-refractivity contribution in [3.05, 3.63) is 0 Å². The minimum absolute atomic E-state index is 0.0199. The molecule has 26 heavy (non-hydrogen) atoms. The highest BCUT2D eigenvalue weighted by molar-refractivity contribution is 5.79. The van der Waals surface area contributed by atoms with Crippen molar-refractivity contribution >= 4 is 17.9 Å². The van der Waals surface area contributed by atoms with Gasteiger partial charge in [-0.3, -0.25) is 9.59 Å². The molecule has 7 heteroatoms. The van der Waals surface area contributed by atoms with Gasteiger partial charge in [-0.2, -0.15) is 0 Å². The highest BCUT2D eigenvalue weighted by Crippen LogP contribution is 2.23. The van der Waals surface area contributed by atoms with Gasteiger partial charge >= 0.3 is 6.09 Å². The van der Waals surface area contributed by atoms with Crippen molar-refractivity contribution in [2.45, 2.75) is 64.8 Å². The second-order valence-electron chi connectivity index (χ2n) is 7.26. The third-order valence-corrected chi connectivity index (χ3v) is 5.46. The predicted octanol–water partition coefficient (Wildman–Crippen LogP) is 2.15. The van der Waals surface area contributed by atoms with Gasteiger partial charge in [-0.25, -0.2) is 4.79 Å². The van der Waals surface area contributed by atoms with Crippen LogP contribution in [-0.4, -0.2) is 66.5 Å². The van der Waals surface area contributed by atoms with Crippen molar-refractivity contribution in [3.8, 4) is 0 Å². The lowest BCUT2D eigenvalue weighted by Crippen LogP contribution is -2.50. The Balaban J connectivity index is 1.75. The van der Waals surface area contributed by atoms with E-state index < -0.39 is 0 Å². The van der Waals surface area contributed by atoms with E-state index in [1.54, 1.807) is 18.7 Å². The molecule has 3 amide bonds. The molecule has 0 spiro atoms. The first-order chi connectivity index (χ1) is 12.5. The van der Waals surface area contributed by atoms with E-state index in [0.29, 0.717) is 32.8 Å². The zero-order chi connectivity index (χ0) is 18.9. The maximum atomic E-state index is 12.2. The smallest absolute Gasteiger partial charge is 0.409 e. The first-order valence-corrected chi connectivity index (χ1v) is 9.99. The molecular weight excluding hydrogens is 334 g/mol. The van der Waals surface area contributed by atoms with Crippen molar-refractivity contribution < 1.29 is 19.1 Å². The second-order valence-corrected chi connectivity index (χ2v) is 7.26. The van der Waals surface area contributed by atoms with Crippen LogP contribution in [0, 0.1) is 5.92 Å². The molecular formula is C19H33N3O4. The van der Waals surface area contributed by atoms with Crippen LogP contribution in [0.5, 0.6) is 0 Å². The monoisotopic (exact) mass is 367 g/mol. The van der Waals surface area contributed by atoms with Gasteiger partial charge in [-0.15, -0.1) is 0 Å². The van der Waals surface area contributed by atoms with Gasteiger partial charge in [0.15, 0.2) is 0 Å². The largest absolute Gasteiger partial charge is 0.450 e. The normalized spacial score (nSPS) is 19.1. The molecule has 2 aliphatic rings. The molecule has 0 aromatic rings. The predicted molar refractivity (Wildman–Crippen MR) is 98.6 cm³/mol. The van der Waals surface area contributed by atoms with E-state index in [4.69, 9.17) is 4.74 Å². The van der Waals surface area contributed by atoms with Crippen molar-refractivity contribution in [3.63, 3.8) is 0 Å². The summed E-state index contributed by atoms with van der Waals surface area (Å²) in [6.07, 6.45) is 6.67. The maximum Gasteiger partial charge on any atom is 0.409 e. The minimum Gasteiger partial charge on any atom is -0.450 e. The molecule has 2 rings (SSSR count). The molecule has 0 atom stereocenters. The Kier molecular flexibility index (Phi) is 8.19. The van der Waals surface area contributed by atoms with Crippen molar-refractivity contribution in [1.82, 2.24) is 15.1 Å². The topological polar surface area (TPSA) is 79.0 Å². The Morgan fingerprint density at radius 2 is 1.73 bits per heavy atom. The number of amides is 3. The summed E-state index contributed by atoms with van der Waals surface area (Å²) in [5.74, 6) is 0.291. The summed E-state index contributed by atoms with van der Waals surface area (Å²) in [5, 5.41) is 3.00. The van der Waals surface area contributed by atoms with E-state index in [0.717, 1.165) is 38.5 Å². The van der Waals surface area contributed by atoms with Gasteiger partial charge in [0.1, 0.15) is 0 Å². The fourth-order valence-corrected chi connectivity index (χ4v) is 3.98. The minimum atomic E-state index is -0.278. The maximum absolute atomic E-state index is 12.2. The molecule has 1 N–H and O–H groups in total. The average molecular weight is 367 g/mol. The third kappa shape index (κ3) is 5.88. The molecule has 148 valence electrons. The Hall–Kier alpha value is -1.79. The lowest BCUT2D eigenvalue weighted by molar-refractivity contribution is -0.133. The summed E-state index contributed by atoms with van der Waals surface area (Å²) in [6.45, 7) is 5.96. The highest BCUT2D eigenvalue weighted by atomic mass is 16.6. The molecule has 1 aliphatic carbocycles. The van der Waals surface area contributed by atoms with Crippen molar-refractivity contribution in [1.29, 1.82) is 0 Å². The summed E-state index contributed by atoms with van der Waals surface area (Å²) in [6, 6.07) is 0.116. The van der Waals surface area contributed by atoms with Gasteiger partial charge in [0.05, 0.1) is 6.61 Å². The van der Waals surface area contributed by atoms with Crippen LogP contribution in [0.2, 0.25) is 0 Å². The first-order valence-electron chi connectivity index (χ1n) is 9.99. The van der Waals surface area contributed by atoms with Crippen LogP contribution in [0.25, 0.3) is 0 Å². The van der Waals surface area contributed by atoms with E-state index in [-0.39, 0.29) is 29.9 Å². The molecule has 1 aliphatic heterocycles. The van der Waals surface area contributed by atoms with E-state index in [1.807, 2.05) is 4.90 Å². The van der Waals surface area contributed by atoms with Crippen LogP contribution in [0.3, 0.4) is 0 Å². The van der Waals surface area contributed by atoms with E-state index in [9.17, 15) is 14.4 Å². The zero-order valence-electron chi connectivity index (χ0n) is 16.2. The van der Waals surface area contributed by atoms with Crippen LogP contribution in [-0.2, 0) is 14.3 Å². The molecule has 0 aromatic carbocycles. The second kappa shape index (κ2) is 10.4. The fraction of sp³-hybridized carbons (Fsp3) is 0.842. The van der Waals surface area contributed by atoms with Crippen LogP contribution in [0.15, 0.2) is 0 Å². The quantitative estimate of drug-likeness (QED) is 0.780. The lowest BCUT2D eigenvalue weighted by atomic mass is 9.89. The summed E-state index contributed by atoms with van der Waals surface area (Å²) >= 11 is 0. The lowest BCUT2D eigenvalue weighted by Gasteiger charge is -2.37. The van der Waals surface area contributed by atoms with E-state index in [2.05, 4.69) is 5.32 Å². The number of nitrogens with zero attached hydrogens (tertiary/aromatic N) is 2. The average Bonchev–Trinajstić information content (AvgIpc) is 2.66. The number of likely N-dealkylation sites (tertiary alicyclic amines) is 1. The molecule has 1 saturated carbocycles. The Bertz CT molecular complexity index is 483. The molecule has 1 heterocycles. The summed E-state index contributed by atoms with van der Waals surface area (Å²) in [4.78, 5) is 39.6. The molecule has 0 radical (unpaired) electrons. The Labute approximate surface area is 156 Å². The molecule has 7 nitrogen and oxygen atoms in total. The number of carbonyl (C=O) groups is 3. The number of carbonyl (C=O) groups excluding carboxylic acids is 3. The summed E-state index contributed by atoms with van der Waals surface area (Å²) < 4.78 is 5.03. The summed E-state index contributed by atoms with van der Waals surface area (Å²) in [7, 11) is 0. The van der Waals surface area contributed by atoms with Crippen molar-refractivity contribution in [2.24, 2.45) is 5.92 Å². The van der Waals surface area contributed by atoms with E-state index in [1.165, 1.54) is 6.42 Å². The van der Waals surface area contributed by atoms with Crippen LogP contribution < -0.4 is 5.32 Å². The fourth-order valence-electron chi connectivity index (χ4n) is 3.98. The van der Waals surface area contributed by atoms with E-state index >= 15 is 0 Å². The molecule has 2 fully saturated rings. The summed E-state index contributed by atoms with van der Waals surface area (Å²) in [5.41, 5.74) is 0. The number of hydrogen-bond acceptors (Lipinski definition) is 4. The number of hydrogen-bond donors (Lipinski definition) is 1. The number of nitrogens with one attached hydrogen (secondary N) is 1. The van der Waals surface area contributed by atoms with Crippen LogP contribution in [0.1, 0.15) is 58.8 Å². The van der Waals surface area contributed by atoms with Gasteiger partial charge in [0.25, 0.3) is 0 Å². The number of ether oxygens (including phenoxy) is 1. The molecule has 1 saturated heterocycles. The number of rotatable bonds is 6. The van der Waals surface area contributed by atoms with Gasteiger partial charge in [-0.05, 0) is 32.6 Å². The number of piperidine rings is 1. The van der Waals surface area contributed by atoms with Crippen LogP contribution >= 0.6 is 0 Å². The Morgan fingerprint density at radius 1 is 1.08 bits per heavy atom. The first kappa shape index (κ1) is 20.5. The van der Waals surface area contributed by atoms with Gasteiger partial charge in [0, 0.05) is 45.1 Å². The standard InChI is InChI=1S/C19H33N3O4/c1-3-26-19(25)21-12-9-17(10-13-21)22(15(2)23)14-11-20-18(24)16-7-5-4-6-8-16/h16-17H,3-14H2,1-2H3,(H,20,24). The molecule has 0 unspecified atom stereocenters. The Morgan fingerprint density at radius 3 is 2.31 bits per heavy atom. The van der Waals surface area contributed by atoms with Crippen LogP contribution in [0.4, 0.5) is 4.79 Å².